The van der Waals surface area contributed by atoms with Gasteiger partial charge in [0, 0.05) is 0 Å². The van der Waals surface area contributed by atoms with Crippen LogP contribution in [0.1, 0.15) is 0 Å². The largest absolute Gasteiger partial charge is 0.479 e. The molecule has 2 atom stereocenters. The van der Waals surface area contributed by atoms with Crippen LogP contribution in [0.5, 0.6) is 0 Å². The second-order valence-electron chi connectivity index (χ2n) is 1.25. The third-order valence-electron chi connectivity index (χ3n) is 0.679. The summed E-state index contributed by atoms with van der Waals surface area (Å²) in [7, 11) is 0. The van der Waals surface area contributed by atoms with Crippen LogP contribution in [-0.4, -0.2) is 10.0 Å². The van der Waals surface area contributed by atoms with Gasteiger partial charge in [-0.3, -0.25) is 0 Å². The molecule has 0 aromatic heterocycles. The minimum atomic E-state index is -0.0764. The van der Waals surface area contributed by atoms with Crippen molar-refractivity contribution in [1.82, 2.24) is 0 Å². The molecule has 0 N–H and O–H groups in total. The highest BCUT2D eigenvalue weighted by atomic mass is 79.9. The predicted molar refractivity (Wildman–Crippen MR) is 36.7 cm³/mol. The van der Waals surface area contributed by atoms with Gasteiger partial charge in [0.1, 0.15) is 12.5 Å². The molecule has 1 aliphatic rings. The highest BCUT2D eigenvalue weighted by Gasteiger charge is 2.18. The molecule has 1 rings (SSSR count). The lowest BCUT2D eigenvalue weighted by Gasteiger charge is -2.19. The van der Waals surface area contributed by atoms with Crippen LogP contribution in [0.15, 0.2) is 12.5 Å². The molecular formula is C4H4Br2O2. The van der Waals surface area contributed by atoms with E-state index in [-0.39, 0.29) is 10.0 Å². The van der Waals surface area contributed by atoms with Gasteiger partial charge in [0.25, 0.3) is 0 Å². The molecule has 0 fully saturated rings. The number of alkyl halides is 2. The molecule has 0 radical (unpaired) electrons. The molecule has 0 bridgehead atoms. The molecular weight excluding hydrogens is 240 g/mol. The van der Waals surface area contributed by atoms with Crippen LogP contribution in [0.25, 0.3) is 0 Å². The van der Waals surface area contributed by atoms with E-state index in [2.05, 4.69) is 31.9 Å². The smallest absolute Gasteiger partial charge is 0.199 e. The maximum Gasteiger partial charge on any atom is 0.199 e. The van der Waals surface area contributed by atoms with Crippen molar-refractivity contribution < 1.29 is 9.47 Å². The second-order valence-corrected chi connectivity index (χ2v) is 3.05. The van der Waals surface area contributed by atoms with Crippen LogP contribution < -0.4 is 0 Å². The predicted octanol–water partition coefficient (Wildman–Crippen LogP) is 1.95. The molecule has 2 unspecified atom stereocenters. The zero-order chi connectivity index (χ0) is 5.98. The van der Waals surface area contributed by atoms with Gasteiger partial charge in [0.15, 0.2) is 10.0 Å². The fourth-order valence-electron chi connectivity index (χ4n) is 0.338. The van der Waals surface area contributed by atoms with Gasteiger partial charge in [0.05, 0.1) is 0 Å². The topological polar surface area (TPSA) is 18.5 Å². The molecule has 0 saturated heterocycles. The average molecular weight is 244 g/mol. The van der Waals surface area contributed by atoms with Crippen molar-refractivity contribution in [2.45, 2.75) is 10.0 Å². The lowest BCUT2D eigenvalue weighted by Crippen LogP contribution is -2.19. The Morgan fingerprint density at radius 1 is 1.00 bits per heavy atom. The Morgan fingerprint density at radius 2 is 1.38 bits per heavy atom. The fraction of sp³-hybridized carbons (Fsp3) is 0.500. The van der Waals surface area contributed by atoms with E-state index in [0.717, 1.165) is 0 Å². The molecule has 8 heavy (non-hydrogen) atoms. The van der Waals surface area contributed by atoms with Crippen LogP contribution in [0, 0.1) is 0 Å². The summed E-state index contributed by atoms with van der Waals surface area (Å²) < 4.78 is 9.91. The second kappa shape index (κ2) is 2.73. The molecule has 2 nitrogen and oxygen atoms in total. The summed E-state index contributed by atoms with van der Waals surface area (Å²) in [6, 6.07) is 0. The normalized spacial score (nSPS) is 35.8. The first-order chi connectivity index (χ1) is 3.80. The van der Waals surface area contributed by atoms with Gasteiger partial charge in [-0.15, -0.1) is 0 Å². The molecule has 1 heterocycles. The van der Waals surface area contributed by atoms with Crippen molar-refractivity contribution in [3.05, 3.63) is 12.5 Å². The van der Waals surface area contributed by atoms with Crippen molar-refractivity contribution in [2.24, 2.45) is 0 Å². The Bertz CT molecular complexity index is 92.2. The standard InChI is InChI=1S/C4H4Br2O2/c5-3-4(6)8-2-1-7-3/h1-4H. The number of halogens is 2. The average Bonchev–Trinajstić information content (AvgIpc) is 1.77. The maximum absolute atomic E-state index is 4.95. The summed E-state index contributed by atoms with van der Waals surface area (Å²) in [4.78, 5) is 0. The molecule has 0 saturated carbocycles. The van der Waals surface area contributed by atoms with Crippen molar-refractivity contribution in [3.8, 4) is 0 Å². The van der Waals surface area contributed by atoms with Crippen LogP contribution in [0.4, 0.5) is 0 Å². The van der Waals surface area contributed by atoms with E-state index < -0.39 is 0 Å². The molecule has 0 aliphatic carbocycles. The number of rotatable bonds is 0. The number of hydrogen-bond donors (Lipinski definition) is 0. The van der Waals surface area contributed by atoms with Crippen molar-refractivity contribution in [3.63, 3.8) is 0 Å². The van der Waals surface area contributed by atoms with Crippen molar-refractivity contribution in [2.75, 3.05) is 0 Å². The van der Waals surface area contributed by atoms with Crippen molar-refractivity contribution in [1.29, 1.82) is 0 Å². The summed E-state index contributed by atoms with van der Waals surface area (Å²) in [5.41, 5.74) is 0. The van der Waals surface area contributed by atoms with Gasteiger partial charge >= 0.3 is 0 Å². The fourth-order valence-corrected chi connectivity index (χ4v) is 0.836. The van der Waals surface area contributed by atoms with Crippen LogP contribution in [-0.2, 0) is 9.47 Å². The highest BCUT2D eigenvalue weighted by Crippen LogP contribution is 2.20. The summed E-state index contributed by atoms with van der Waals surface area (Å²) in [6.45, 7) is 0. The Kier molecular flexibility index (Phi) is 2.19. The lowest BCUT2D eigenvalue weighted by molar-refractivity contribution is 0.0730. The molecule has 0 spiro atoms. The van der Waals surface area contributed by atoms with Gasteiger partial charge in [-0.2, -0.15) is 0 Å². The Morgan fingerprint density at radius 3 is 1.62 bits per heavy atom. The SMILES string of the molecule is BrC1OC=COC1Br. The molecule has 4 heteroatoms. The molecule has 0 aromatic carbocycles. The number of hydrogen-bond acceptors (Lipinski definition) is 2. The van der Waals surface area contributed by atoms with Gasteiger partial charge in [-0.05, 0) is 31.9 Å². The third-order valence-corrected chi connectivity index (χ3v) is 2.78. The Balaban J connectivity index is 2.44. The first-order valence-corrected chi connectivity index (χ1v) is 3.88. The number of ether oxygens (including phenoxy) is 2. The highest BCUT2D eigenvalue weighted by molar-refractivity contribution is 9.12. The van der Waals surface area contributed by atoms with E-state index in [1.165, 1.54) is 12.5 Å². The van der Waals surface area contributed by atoms with Crippen LogP contribution >= 0.6 is 31.9 Å². The molecule has 1 aliphatic heterocycles. The van der Waals surface area contributed by atoms with E-state index >= 15 is 0 Å². The van der Waals surface area contributed by atoms with Crippen LogP contribution in [0.3, 0.4) is 0 Å². The summed E-state index contributed by atoms with van der Waals surface area (Å²) in [6.07, 6.45) is 2.99. The third kappa shape index (κ3) is 1.39. The van der Waals surface area contributed by atoms with E-state index in [0.29, 0.717) is 0 Å². The lowest BCUT2D eigenvalue weighted by atomic mass is 10.7. The van der Waals surface area contributed by atoms with E-state index in [1.54, 1.807) is 0 Å². The van der Waals surface area contributed by atoms with Gasteiger partial charge in [-0.1, -0.05) is 0 Å². The zero-order valence-electron chi connectivity index (χ0n) is 3.88. The Hall–Kier alpha value is 0.300. The van der Waals surface area contributed by atoms with E-state index in [9.17, 15) is 0 Å². The molecule has 0 aromatic rings. The van der Waals surface area contributed by atoms with Crippen LogP contribution in [0.2, 0.25) is 0 Å². The van der Waals surface area contributed by atoms with Gasteiger partial charge in [-0.25, -0.2) is 0 Å². The quantitative estimate of drug-likeness (QED) is 0.606. The van der Waals surface area contributed by atoms with Gasteiger partial charge in [0.2, 0.25) is 0 Å². The first kappa shape index (κ1) is 6.42. The minimum absolute atomic E-state index is 0.0764. The first-order valence-electron chi connectivity index (χ1n) is 2.05. The monoisotopic (exact) mass is 242 g/mol. The summed E-state index contributed by atoms with van der Waals surface area (Å²) in [5, 5.41) is -0.153. The van der Waals surface area contributed by atoms with E-state index in [1.807, 2.05) is 0 Å². The summed E-state index contributed by atoms with van der Waals surface area (Å²) in [5.74, 6) is 0. The van der Waals surface area contributed by atoms with Gasteiger partial charge < -0.3 is 9.47 Å². The maximum atomic E-state index is 4.95. The minimum Gasteiger partial charge on any atom is -0.479 e. The molecule has 46 valence electrons. The van der Waals surface area contributed by atoms with E-state index in [4.69, 9.17) is 9.47 Å². The summed E-state index contributed by atoms with van der Waals surface area (Å²) >= 11 is 6.42. The zero-order valence-corrected chi connectivity index (χ0v) is 7.05. The Labute approximate surface area is 64.1 Å². The molecule has 0 amide bonds. The van der Waals surface area contributed by atoms with Crippen molar-refractivity contribution >= 4 is 31.9 Å².